The topological polar surface area (TPSA) is 88.1 Å². The first-order chi connectivity index (χ1) is 11.8. The average molecular weight is 318 g/mol. The van der Waals surface area contributed by atoms with E-state index < -0.39 is 0 Å². The van der Waals surface area contributed by atoms with Gasteiger partial charge in [-0.3, -0.25) is 0 Å². The molecule has 24 heavy (non-hydrogen) atoms. The quantitative estimate of drug-likeness (QED) is 0.446. The summed E-state index contributed by atoms with van der Waals surface area (Å²) in [5.41, 5.74) is 6.03. The molecule has 0 aliphatic rings. The summed E-state index contributed by atoms with van der Waals surface area (Å²) in [6.45, 7) is 0. The summed E-state index contributed by atoms with van der Waals surface area (Å²) in [6, 6.07) is 15.5. The minimum atomic E-state index is 0.320. The Balaban J connectivity index is 1.60. The molecule has 0 aliphatic heterocycles. The molecule has 0 atom stereocenters. The Bertz CT molecular complexity index is 1040. The van der Waals surface area contributed by atoms with Crippen LogP contribution < -0.4 is 10.2 Å². The van der Waals surface area contributed by atoms with Gasteiger partial charge in [-0.05, 0) is 18.2 Å². The molecule has 118 valence electrons. The lowest BCUT2D eigenvalue weighted by Crippen LogP contribution is -1.99. The molecule has 0 aliphatic carbocycles. The number of aromatic nitrogens is 4. The van der Waals surface area contributed by atoms with Crippen molar-refractivity contribution in [3.8, 4) is 5.75 Å². The second-order valence-corrected chi connectivity index (χ2v) is 5.12. The fourth-order valence-corrected chi connectivity index (χ4v) is 2.50. The van der Waals surface area contributed by atoms with E-state index in [1.54, 1.807) is 13.3 Å². The number of para-hydroxylation sites is 2. The summed E-state index contributed by atoms with van der Waals surface area (Å²) < 4.78 is 5.27. The standard InChI is InChI=1S/C17H14N6O/c1-24-14-9-5-2-6-11(14)10-18-22-17-20-16-15(21-23-17)12-7-3-4-8-13(12)19-16/h2-10H,1H3,(H2,19,20,22,23)/b18-10+. The summed E-state index contributed by atoms with van der Waals surface area (Å²) in [5, 5.41) is 13.4. The number of fused-ring (bicyclic) bond motifs is 3. The normalized spacial score (nSPS) is 11.4. The van der Waals surface area contributed by atoms with E-state index in [-0.39, 0.29) is 0 Å². The summed E-state index contributed by atoms with van der Waals surface area (Å²) in [5.74, 6) is 1.06. The molecule has 0 bridgehead atoms. The number of nitrogens with zero attached hydrogens (tertiary/aromatic N) is 4. The summed E-state index contributed by atoms with van der Waals surface area (Å²) in [6.07, 6.45) is 1.65. The second-order valence-electron chi connectivity index (χ2n) is 5.12. The number of hydrogen-bond donors (Lipinski definition) is 2. The lowest BCUT2D eigenvalue weighted by atomic mass is 10.2. The molecule has 7 nitrogen and oxygen atoms in total. The Morgan fingerprint density at radius 2 is 1.92 bits per heavy atom. The highest BCUT2D eigenvalue weighted by molar-refractivity contribution is 6.03. The summed E-state index contributed by atoms with van der Waals surface area (Å²) in [7, 11) is 1.62. The molecule has 4 aromatic rings. The Morgan fingerprint density at radius 3 is 2.83 bits per heavy atom. The van der Waals surface area contributed by atoms with Gasteiger partial charge in [-0.1, -0.05) is 30.3 Å². The van der Waals surface area contributed by atoms with Crippen molar-refractivity contribution in [3.63, 3.8) is 0 Å². The highest BCUT2D eigenvalue weighted by Crippen LogP contribution is 2.21. The van der Waals surface area contributed by atoms with Gasteiger partial charge in [-0.15, -0.1) is 10.2 Å². The zero-order valence-corrected chi connectivity index (χ0v) is 12.9. The average Bonchev–Trinajstić information content (AvgIpc) is 3.00. The van der Waals surface area contributed by atoms with E-state index in [1.165, 1.54) is 0 Å². The highest BCUT2D eigenvalue weighted by atomic mass is 16.5. The number of nitrogens with one attached hydrogen (secondary N) is 2. The maximum absolute atomic E-state index is 5.27. The van der Waals surface area contributed by atoms with Crippen LogP contribution in [0.3, 0.4) is 0 Å². The van der Waals surface area contributed by atoms with Gasteiger partial charge in [0.15, 0.2) is 5.65 Å². The number of rotatable bonds is 4. The van der Waals surface area contributed by atoms with Crippen molar-refractivity contribution in [2.45, 2.75) is 0 Å². The molecule has 7 heteroatoms. The third-order valence-corrected chi connectivity index (χ3v) is 3.63. The molecule has 2 aromatic carbocycles. The van der Waals surface area contributed by atoms with Gasteiger partial charge in [0.2, 0.25) is 0 Å². The van der Waals surface area contributed by atoms with Crippen LogP contribution >= 0.6 is 0 Å². The molecular formula is C17H14N6O. The van der Waals surface area contributed by atoms with E-state index in [4.69, 9.17) is 4.74 Å². The first-order valence-corrected chi connectivity index (χ1v) is 7.38. The van der Waals surface area contributed by atoms with Gasteiger partial charge in [0.05, 0.1) is 13.3 Å². The Labute approximate surface area is 137 Å². The van der Waals surface area contributed by atoms with E-state index in [0.29, 0.717) is 11.6 Å². The van der Waals surface area contributed by atoms with Crippen molar-refractivity contribution >= 4 is 34.2 Å². The molecule has 0 fully saturated rings. The van der Waals surface area contributed by atoms with Crippen LogP contribution in [0.25, 0.3) is 22.1 Å². The lowest BCUT2D eigenvalue weighted by molar-refractivity contribution is 0.414. The van der Waals surface area contributed by atoms with Gasteiger partial charge in [0, 0.05) is 16.5 Å². The Morgan fingerprint density at radius 1 is 1.08 bits per heavy atom. The molecule has 0 radical (unpaired) electrons. The van der Waals surface area contributed by atoms with Gasteiger partial charge >= 0.3 is 0 Å². The summed E-state index contributed by atoms with van der Waals surface area (Å²) in [4.78, 5) is 7.62. The number of hydrazone groups is 1. The number of hydrogen-bond acceptors (Lipinski definition) is 6. The van der Waals surface area contributed by atoms with Crippen molar-refractivity contribution in [3.05, 3.63) is 54.1 Å². The van der Waals surface area contributed by atoms with Crippen LogP contribution in [0.1, 0.15) is 5.56 Å². The summed E-state index contributed by atoms with van der Waals surface area (Å²) >= 11 is 0. The molecule has 0 saturated heterocycles. The number of anilines is 1. The van der Waals surface area contributed by atoms with Gasteiger partial charge in [-0.25, -0.2) is 5.43 Å². The van der Waals surface area contributed by atoms with Gasteiger partial charge in [-0.2, -0.15) is 10.1 Å². The van der Waals surface area contributed by atoms with E-state index in [0.717, 1.165) is 27.7 Å². The molecular weight excluding hydrogens is 304 g/mol. The second kappa shape index (κ2) is 5.96. The largest absolute Gasteiger partial charge is 0.496 e. The number of ether oxygens (including phenoxy) is 1. The third-order valence-electron chi connectivity index (χ3n) is 3.63. The number of aromatic amines is 1. The molecule has 0 unspecified atom stereocenters. The van der Waals surface area contributed by atoms with E-state index >= 15 is 0 Å². The van der Waals surface area contributed by atoms with Crippen LogP contribution in [0.15, 0.2) is 53.6 Å². The van der Waals surface area contributed by atoms with Crippen molar-refractivity contribution in [1.82, 2.24) is 20.2 Å². The Hall–Kier alpha value is -3.48. The van der Waals surface area contributed by atoms with Crippen LogP contribution in [0, 0.1) is 0 Å². The molecule has 0 spiro atoms. The first kappa shape index (κ1) is 14.1. The number of benzene rings is 2. The van der Waals surface area contributed by atoms with Gasteiger partial charge in [0.25, 0.3) is 5.95 Å². The molecule has 2 N–H and O–H groups in total. The van der Waals surface area contributed by atoms with E-state index in [9.17, 15) is 0 Å². The number of methoxy groups -OCH3 is 1. The van der Waals surface area contributed by atoms with Crippen molar-refractivity contribution in [2.24, 2.45) is 5.10 Å². The van der Waals surface area contributed by atoms with Crippen LogP contribution in [-0.2, 0) is 0 Å². The fourth-order valence-electron chi connectivity index (χ4n) is 2.50. The lowest BCUT2D eigenvalue weighted by Gasteiger charge is -2.02. The van der Waals surface area contributed by atoms with Crippen molar-refractivity contribution in [1.29, 1.82) is 0 Å². The molecule has 2 aromatic heterocycles. The Kier molecular flexibility index (Phi) is 3.51. The van der Waals surface area contributed by atoms with Gasteiger partial charge in [0.1, 0.15) is 11.3 Å². The minimum Gasteiger partial charge on any atom is -0.496 e. The van der Waals surface area contributed by atoms with E-state index in [2.05, 4.69) is 30.7 Å². The predicted molar refractivity (Wildman–Crippen MR) is 93.4 cm³/mol. The smallest absolute Gasteiger partial charge is 0.265 e. The van der Waals surface area contributed by atoms with Crippen molar-refractivity contribution < 1.29 is 4.74 Å². The molecule has 0 saturated carbocycles. The van der Waals surface area contributed by atoms with Crippen molar-refractivity contribution in [2.75, 3.05) is 12.5 Å². The number of H-pyrrole nitrogens is 1. The van der Waals surface area contributed by atoms with Crippen LogP contribution in [0.4, 0.5) is 5.95 Å². The highest BCUT2D eigenvalue weighted by Gasteiger charge is 2.08. The molecule has 0 amide bonds. The maximum atomic E-state index is 5.27. The zero-order valence-electron chi connectivity index (χ0n) is 12.9. The predicted octanol–water partition coefficient (Wildman–Crippen LogP) is 2.96. The third kappa shape index (κ3) is 2.52. The fraction of sp³-hybridized carbons (Fsp3) is 0.0588. The molecule has 2 heterocycles. The van der Waals surface area contributed by atoms with Crippen LogP contribution in [0.2, 0.25) is 0 Å². The van der Waals surface area contributed by atoms with Crippen LogP contribution in [0.5, 0.6) is 5.75 Å². The molecule has 4 rings (SSSR count). The monoisotopic (exact) mass is 318 g/mol. The van der Waals surface area contributed by atoms with Crippen LogP contribution in [-0.4, -0.2) is 33.5 Å². The first-order valence-electron chi connectivity index (χ1n) is 7.38. The van der Waals surface area contributed by atoms with E-state index in [1.807, 2.05) is 48.5 Å². The van der Waals surface area contributed by atoms with Gasteiger partial charge < -0.3 is 9.72 Å². The maximum Gasteiger partial charge on any atom is 0.265 e. The minimum absolute atomic E-state index is 0.320. The zero-order chi connectivity index (χ0) is 16.4. The SMILES string of the molecule is COc1ccccc1/C=N/Nc1nnc2c(n1)[nH]c1ccccc12.